The highest BCUT2D eigenvalue weighted by Crippen LogP contribution is 2.45. The van der Waals surface area contributed by atoms with Gasteiger partial charge in [0.15, 0.2) is 0 Å². The average Bonchev–Trinajstić information content (AvgIpc) is 2.97. The molecule has 22 heavy (non-hydrogen) atoms. The van der Waals surface area contributed by atoms with Gasteiger partial charge in [-0.1, -0.05) is 72.8 Å². The molecule has 0 radical (unpaired) electrons. The fourth-order valence-electron chi connectivity index (χ4n) is 2.99. The summed E-state index contributed by atoms with van der Waals surface area (Å²) in [6, 6.07) is 28.0. The number of aryl methyl sites for hydroxylation is 1. The van der Waals surface area contributed by atoms with Crippen molar-refractivity contribution < 1.29 is 0 Å². The summed E-state index contributed by atoms with van der Waals surface area (Å²) < 4.78 is 1.36. The number of hydrogen-bond donors (Lipinski definition) is 0. The Bertz CT molecular complexity index is 918. The summed E-state index contributed by atoms with van der Waals surface area (Å²) >= 11 is 1.89. The molecule has 1 heteroatoms. The molecular formula is C21H16S. The third-order valence-corrected chi connectivity index (χ3v) is 5.23. The monoisotopic (exact) mass is 300 g/mol. The minimum atomic E-state index is 1.29. The van der Waals surface area contributed by atoms with Gasteiger partial charge in [-0.15, -0.1) is 11.3 Å². The largest absolute Gasteiger partial charge is 0.135 e. The standard InChI is InChI=1S/C21H16S/c1-15-9-8-14-18-19(15)20(16-10-4-2-5-11-16)21(22-18)17-12-6-3-7-13-17/h2-14H,1H3. The Hall–Kier alpha value is -2.38. The minimum absolute atomic E-state index is 1.29. The Balaban J connectivity index is 2.11. The molecular weight excluding hydrogens is 284 g/mol. The second-order valence-corrected chi connectivity index (χ2v) is 6.54. The fraction of sp³-hybridized carbons (Fsp3) is 0.0476. The molecule has 1 aromatic heterocycles. The van der Waals surface area contributed by atoms with Crippen molar-refractivity contribution in [2.75, 3.05) is 0 Å². The molecule has 0 fully saturated rings. The molecule has 4 aromatic rings. The second kappa shape index (κ2) is 5.43. The molecule has 0 amide bonds. The second-order valence-electron chi connectivity index (χ2n) is 5.49. The van der Waals surface area contributed by atoms with Gasteiger partial charge in [-0.3, -0.25) is 0 Å². The van der Waals surface area contributed by atoms with Gasteiger partial charge in [0.1, 0.15) is 0 Å². The van der Waals surface area contributed by atoms with Crippen molar-refractivity contribution in [3.05, 3.63) is 84.4 Å². The van der Waals surface area contributed by atoms with Crippen LogP contribution < -0.4 is 0 Å². The van der Waals surface area contributed by atoms with Crippen LogP contribution in [0.5, 0.6) is 0 Å². The maximum atomic E-state index is 2.23. The molecule has 4 rings (SSSR count). The lowest BCUT2D eigenvalue weighted by atomic mass is 9.97. The van der Waals surface area contributed by atoms with Gasteiger partial charge in [0.2, 0.25) is 0 Å². The summed E-state index contributed by atoms with van der Waals surface area (Å²) in [5.74, 6) is 0. The summed E-state index contributed by atoms with van der Waals surface area (Å²) in [6.07, 6.45) is 0. The number of benzene rings is 3. The molecule has 0 nitrogen and oxygen atoms in total. The lowest BCUT2D eigenvalue weighted by Gasteiger charge is -2.07. The van der Waals surface area contributed by atoms with Crippen LogP contribution in [0.15, 0.2) is 78.9 Å². The predicted octanol–water partition coefficient (Wildman–Crippen LogP) is 6.54. The topological polar surface area (TPSA) is 0 Å². The van der Waals surface area contributed by atoms with Crippen molar-refractivity contribution in [2.24, 2.45) is 0 Å². The Morgan fingerprint density at radius 2 is 1.27 bits per heavy atom. The van der Waals surface area contributed by atoms with Gasteiger partial charge >= 0.3 is 0 Å². The first kappa shape index (κ1) is 13.3. The number of thiophene rings is 1. The van der Waals surface area contributed by atoms with Crippen molar-refractivity contribution in [3.63, 3.8) is 0 Å². The Kier molecular flexibility index (Phi) is 3.28. The van der Waals surface area contributed by atoms with E-state index in [-0.39, 0.29) is 0 Å². The first-order valence-corrected chi connectivity index (χ1v) is 8.29. The minimum Gasteiger partial charge on any atom is -0.135 e. The van der Waals surface area contributed by atoms with E-state index in [1.54, 1.807) is 0 Å². The maximum absolute atomic E-state index is 2.23. The molecule has 0 aliphatic carbocycles. The molecule has 0 spiro atoms. The highest BCUT2D eigenvalue weighted by molar-refractivity contribution is 7.23. The van der Waals surface area contributed by atoms with Gasteiger partial charge in [0.25, 0.3) is 0 Å². The summed E-state index contributed by atoms with van der Waals surface area (Å²) in [6.45, 7) is 2.20. The van der Waals surface area contributed by atoms with Gasteiger partial charge < -0.3 is 0 Å². The van der Waals surface area contributed by atoms with E-state index in [0.717, 1.165) is 0 Å². The molecule has 0 N–H and O–H groups in total. The smallest absolute Gasteiger partial charge is 0.0433 e. The zero-order valence-electron chi connectivity index (χ0n) is 12.4. The average molecular weight is 300 g/mol. The van der Waals surface area contributed by atoms with E-state index in [1.807, 2.05) is 11.3 Å². The highest BCUT2D eigenvalue weighted by Gasteiger charge is 2.16. The summed E-state index contributed by atoms with van der Waals surface area (Å²) in [5.41, 5.74) is 5.29. The van der Waals surface area contributed by atoms with Gasteiger partial charge in [-0.25, -0.2) is 0 Å². The van der Waals surface area contributed by atoms with Crippen LogP contribution in [0, 0.1) is 6.92 Å². The van der Waals surface area contributed by atoms with E-state index in [9.17, 15) is 0 Å². The third-order valence-electron chi connectivity index (χ3n) is 4.02. The van der Waals surface area contributed by atoms with Gasteiger partial charge in [0.05, 0.1) is 0 Å². The summed E-state index contributed by atoms with van der Waals surface area (Å²) in [4.78, 5) is 1.36. The van der Waals surface area contributed by atoms with Crippen molar-refractivity contribution in [1.82, 2.24) is 0 Å². The normalized spacial score (nSPS) is 11.0. The molecule has 106 valence electrons. The molecule has 0 bridgehead atoms. The van der Waals surface area contributed by atoms with Crippen LogP contribution in [0.2, 0.25) is 0 Å². The zero-order valence-corrected chi connectivity index (χ0v) is 13.2. The summed E-state index contributed by atoms with van der Waals surface area (Å²) in [7, 11) is 0. The highest BCUT2D eigenvalue weighted by atomic mass is 32.1. The molecule has 0 saturated heterocycles. The van der Waals surface area contributed by atoms with Crippen LogP contribution in [0.4, 0.5) is 0 Å². The molecule has 0 saturated carbocycles. The molecule has 3 aromatic carbocycles. The van der Waals surface area contributed by atoms with Crippen LogP contribution in [0.3, 0.4) is 0 Å². The van der Waals surface area contributed by atoms with E-state index in [1.165, 1.54) is 37.2 Å². The first-order chi connectivity index (χ1) is 10.8. The van der Waals surface area contributed by atoms with E-state index < -0.39 is 0 Å². The number of rotatable bonds is 2. The van der Waals surface area contributed by atoms with E-state index in [4.69, 9.17) is 0 Å². The third kappa shape index (κ3) is 2.15. The number of hydrogen-bond acceptors (Lipinski definition) is 1. The van der Waals surface area contributed by atoms with Gasteiger partial charge in [-0.05, 0) is 29.7 Å². The van der Waals surface area contributed by atoms with Crippen LogP contribution in [0.25, 0.3) is 31.7 Å². The first-order valence-electron chi connectivity index (χ1n) is 7.47. The molecule has 0 atom stereocenters. The maximum Gasteiger partial charge on any atom is 0.0433 e. The Morgan fingerprint density at radius 1 is 0.636 bits per heavy atom. The lowest BCUT2D eigenvalue weighted by Crippen LogP contribution is -1.82. The van der Waals surface area contributed by atoms with Gasteiger partial charge in [0, 0.05) is 20.5 Å². The van der Waals surface area contributed by atoms with Crippen molar-refractivity contribution in [2.45, 2.75) is 6.92 Å². The lowest BCUT2D eigenvalue weighted by molar-refractivity contribution is 1.54. The van der Waals surface area contributed by atoms with Crippen LogP contribution in [0.1, 0.15) is 5.56 Å². The quantitative estimate of drug-likeness (QED) is 0.394. The Labute approximate surface area is 134 Å². The van der Waals surface area contributed by atoms with E-state index in [2.05, 4.69) is 85.8 Å². The van der Waals surface area contributed by atoms with Crippen molar-refractivity contribution in [1.29, 1.82) is 0 Å². The number of fused-ring (bicyclic) bond motifs is 1. The predicted molar refractivity (Wildman–Crippen MR) is 97.4 cm³/mol. The zero-order chi connectivity index (χ0) is 14.9. The van der Waals surface area contributed by atoms with Gasteiger partial charge in [-0.2, -0.15) is 0 Å². The molecule has 0 aliphatic rings. The molecule has 0 unspecified atom stereocenters. The Morgan fingerprint density at radius 3 is 1.95 bits per heavy atom. The summed E-state index contributed by atoms with van der Waals surface area (Å²) in [5, 5.41) is 1.39. The molecule has 0 aliphatic heterocycles. The van der Waals surface area contributed by atoms with Crippen LogP contribution in [-0.2, 0) is 0 Å². The SMILES string of the molecule is Cc1cccc2sc(-c3ccccc3)c(-c3ccccc3)c12. The van der Waals surface area contributed by atoms with Crippen molar-refractivity contribution in [3.8, 4) is 21.6 Å². The van der Waals surface area contributed by atoms with E-state index >= 15 is 0 Å². The fourth-order valence-corrected chi connectivity index (χ4v) is 4.30. The van der Waals surface area contributed by atoms with Crippen molar-refractivity contribution >= 4 is 21.4 Å². The van der Waals surface area contributed by atoms with Crippen LogP contribution in [-0.4, -0.2) is 0 Å². The van der Waals surface area contributed by atoms with Crippen LogP contribution >= 0.6 is 11.3 Å². The van der Waals surface area contributed by atoms with E-state index in [0.29, 0.717) is 0 Å². The molecule has 1 heterocycles.